The highest BCUT2D eigenvalue weighted by atomic mass is 32.1. The Morgan fingerprint density at radius 1 is 1.26 bits per heavy atom. The molecule has 0 fully saturated rings. The lowest BCUT2D eigenvalue weighted by molar-refractivity contribution is 0.559. The van der Waals surface area contributed by atoms with E-state index in [1.54, 1.807) is 0 Å². The lowest BCUT2D eigenvalue weighted by Gasteiger charge is -2.15. The summed E-state index contributed by atoms with van der Waals surface area (Å²) in [7, 11) is 0. The molecule has 102 valence electrons. The first kappa shape index (κ1) is 14.1. The largest absolute Gasteiger partial charge is 0.318 e. The summed E-state index contributed by atoms with van der Waals surface area (Å²) < 4.78 is 26.6. The van der Waals surface area contributed by atoms with Gasteiger partial charge in [0.2, 0.25) is 0 Å². The molecule has 1 atom stereocenters. The third kappa shape index (κ3) is 2.98. The second kappa shape index (κ2) is 4.98. The van der Waals surface area contributed by atoms with Crippen molar-refractivity contribution in [1.29, 1.82) is 0 Å². The molecule has 1 heterocycles. The molecule has 0 saturated heterocycles. The molecule has 1 aromatic carbocycles. The average Bonchev–Trinajstić information content (AvgIpc) is 2.76. The molecule has 0 aliphatic rings. The van der Waals surface area contributed by atoms with E-state index < -0.39 is 17.7 Å². The number of hydrogen-bond donors (Lipinski definition) is 1. The Bertz CT molecular complexity index is 587. The van der Waals surface area contributed by atoms with Gasteiger partial charge in [-0.1, -0.05) is 26.8 Å². The van der Waals surface area contributed by atoms with E-state index in [0.29, 0.717) is 5.01 Å². The number of nitrogens with zero attached hydrogens (tertiary/aromatic N) is 1. The van der Waals surface area contributed by atoms with Crippen LogP contribution < -0.4 is 5.73 Å². The molecule has 0 saturated carbocycles. The van der Waals surface area contributed by atoms with Crippen molar-refractivity contribution < 1.29 is 8.78 Å². The molecule has 5 heteroatoms. The van der Waals surface area contributed by atoms with Gasteiger partial charge in [-0.3, -0.25) is 0 Å². The predicted molar refractivity (Wildman–Crippen MR) is 73.2 cm³/mol. The van der Waals surface area contributed by atoms with Gasteiger partial charge in [0.1, 0.15) is 16.6 Å². The molecule has 19 heavy (non-hydrogen) atoms. The number of hydrogen-bond acceptors (Lipinski definition) is 3. The fraction of sp³-hybridized carbons (Fsp3) is 0.357. The van der Waals surface area contributed by atoms with Crippen LogP contribution in [0.1, 0.15) is 43.1 Å². The Morgan fingerprint density at radius 3 is 2.47 bits per heavy atom. The summed E-state index contributed by atoms with van der Waals surface area (Å²) in [6, 6.07) is 2.75. The minimum atomic E-state index is -0.665. The van der Waals surface area contributed by atoms with Crippen LogP contribution in [0.25, 0.3) is 0 Å². The van der Waals surface area contributed by atoms with Gasteiger partial charge in [-0.15, -0.1) is 11.3 Å². The van der Waals surface area contributed by atoms with Crippen molar-refractivity contribution in [2.75, 3.05) is 0 Å². The monoisotopic (exact) mass is 282 g/mol. The smallest absolute Gasteiger partial charge is 0.131 e. The molecule has 0 radical (unpaired) electrons. The topological polar surface area (TPSA) is 38.9 Å². The second-order valence-electron chi connectivity index (χ2n) is 5.46. The molecule has 0 aliphatic heterocycles. The zero-order chi connectivity index (χ0) is 14.2. The first-order chi connectivity index (χ1) is 8.79. The summed E-state index contributed by atoms with van der Waals surface area (Å²) in [6.45, 7) is 6.15. The molecule has 1 unspecified atom stereocenters. The van der Waals surface area contributed by atoms with Gasteiger partial charge < -0.3 is 5.73 Å². The van der Waals surface area contributed by atoms with E-state index in [2.05, 4.69) is 25.8 Å². The van der Waals surface area contributed by atoms with Gasteiger partial charge in [0.15, 0.2) is 0 Å². The van der Waals surface area contributed by atoms with E-state index >= 15 is 0 Å². The van der Waals surface area contributed by atoms with Gasteiger partial charge >= 0.3 is 0 Å². The van der Waals surface area contributed by atoms with Crippen LogP contribution in [0.2, 0.25) is 0 Å². The summed E-state index contributed by atoms with van der Waals surface area (Å²) in [5.74, 6) is -1.25. The number of thiazole rings is 1. The van der Waals surface area contributed by atoms with Gasteiger partial charge in [0.25, 0.3) is 0 Å². The lowest BCUT2D eigenvalue weighted by Crippen LogP contribution is -2.16. The molecule has 2 rings (SSSR count). The third-order valence-corrected chi connectivity index (χ3v) is 3.78. The maximum atomic E-state index is 13.7. The molecule has 0 aliphatic carbocycles. The molecule has 2 N–H and O–H groups in total. The van der Waals surface area contributed by atoms with Gasteiger partial charge in [0.05, 0.1) is 11.7 Å². The average molecular weight is 282 g/mol. The van der Waals surface area contributed by atoms with Crippen LogP contribution in [0, 0.1) is 11.6 Å². The number of aromatic nitrogens is 1. The number of rotatable bonds is 2. The van der Waals surface area contributed by atoms with E-state index in [9.17, 15) is 8.78 Å². The zero-order valence-corrected chi connectivity index (χ0v) is 11.9. The summed E-state index contributed by atoms with van der Waals surface area (Å²) in [5, 5.41) is 2.56. The third-order valence-electron chi connectivity index (χ3n) is 2.85. The summed E-state index contributed by atoms with van der Waals surface area (Å²) in [6.07, 6.45) is 0. The Kier molecular flexibility index (Phi) is 3.69. The number of benzene rings is 1. The van der Waals surface area contributed by atoms with Crippen molar-refractivity contribution in [1.82, 2.24) is 4.98 Å². The van der Waals surface area contributed by atoms with Crippen LogP contribution in [-0.2, 0) is 5.41 Å². The molecule has 2 aromatic rings. The highest BCUT2D eigenvalue weighted by Crippen LogP contribution is 2.29. The van der Waals surface area contributed by atoms with Crippen LogP contribution in [0.3, 0.4) is 0 Å². The number of halogens is 2. The van der Waals surface area contributed by atoms with Gasteiger partial charge in [-0.05, 0) is 6.07 Å². The lowest BCUT2D eigenvalue weighted by atomic mass is 9.93. The Balaban J connectivity index is 2.34. The summed E-state index contributed by atoms with van der Waals surface area (Å²) in [4.78, 5) is 4.45. The van der Waals surface area contributed by atoms with Crippen LogP contribution in [0.4, 0.5) is 8.78 Å². The predicted octanol–water partition coefficient (Wildman–Crippen LogP) is 3.77. The minimum Gasteiger partial charge on any atom is -0.318 e. The van der Waals surface area contributed by atoms with E-state index in [0.717, 1.165) is 11.8 Å². The maximum absolute atomic E-state index is 13.7. The quantitative estimate of drug-likeness (QED) is 0.910. The molecule has 2 nitrogen and oxygen atoms in total. The van der Waals surface area contributed by atoms with Gasteiger partial charge in [-0.25, -0.2) is 13.8 Å². The summed E-state index contributed by atoms with van der Waals surface area (Å²) >= 11 is 1.40. The first-order valence-corrected chi connectivity index (χ1v) is 6.83. The molecular formula is C14H16F2N2S. The van der Waals surface area contributed by atoms with Crippen LogP contribution in [0.15, 0.2) is 23.6 Å². The molecule has 1 aromatic heterocycles. The highest BCUT2D eigenvalue weighted by Gasteiger charge is 2.22. The Labute approximate surface area is 115 Å². The second-order valence-corrected chi connectivity index (χ2v) is 6.35. The molecule has 0 bridgehead atoms. The van der Waals surface area contributed by atoms with Crippen molar-refractivity contribution in [3.8, 4) is 0 Å². The van der Waals surface area contributed by atoms with E-state index in [1.807, 2.05) is 5.38 Å². The van der Waals surface area contributed by atoms with Crippen LogP contribution in [-0.4, -0.2) is 4.98 Å². The van der Waals surface area contributed by atoms with E-state index in [4.69, 9.17) is 5.73 Å². The van der Waals surface area contributed by atoms with Crippen molar-refractivity contribution in [3.63, 3.8) is 0 Å². The SMILES string of the molecule is CC(C)(C)c1csc(C(N)c2ccc(F)cc2F)n1. The standard InChI is InChI=1S/C14H16F2N2S/c1-14(2,3)11-7-19-13(18-11)12(17)9-5-4-8(15)6-10(9)16/h4-7,12H,17H2,1-3H3. The first-order valence-electron chi connectivity index (χ1n) is 5.95. The number of nitrogens with two attached hydrogens (primary N) is 1. The molecule has 0 spiro atoms. The fourth-order valence-electron chi connectivity index (χ4n) is 1.66. The fourth-order valence-corrected chi connectivity index (χ4v) is 2.72. The van der Waals surface area contributed by atoms with E-state index in [1.165, 1.54) is 23.5 Å². The highest BCUT2D eigenvalue weighted by molar-refractivity contribution is 7.09. The van der Waals surface area contributed by atoms with Crippen molar-refractivity contribution in [2.24, 2.45) is 5.73 Å². The zero-order valence-electron chi connectivity index (χ0n) is 11.1. The van der Waals surface area contributed by atoms with Crippen LogP contribution in [0.5, 0.6) is 0 Å². The Morgan fingerprint density at radius 2 is 1.95 bits per heavy atom. The maximum Gasteiger partial charge on any atom is 0.131 e. The van der Waals surface area contributed by atoms with E-state index in [-0.39, 0.29) is 11.0 Å². The summed E-state index contributed by atoms with van der Waals surface area (Å²) in [5.41, 5.74) is 7.12. The Hall–Kier alpha value is -1.33. The van der Waals surface area contributed by atoms with Crippen molar-refractivity contribution in [3.05, 3.63) is 51.5 Å². The van der Waals surface area contributed by atoms with Gasteiger partial charge in [-0.2, -0.15) is 0 Å². The van der Waals surface area contributed by atoms with Crippen molar-refractivity contribution in [2.45, 2.75) is 32.2 Å². The minimum absolute atomic E-state index is 0.0736. The normalized spacial score (nSPS) is 13.6. The van der Waals surface area contributed by atoms with Crippen molar-refractivity contribution >= 4 is 11.3 Å². The molecular weight excluding hydrogens is 266 g/mol. The van der Waals surface area contributed by atoms with Gasteiger partial charge in [0, 0.05) is 22.4 Å². The molecule has 0 amide bonds. The van der Waals surface area contributed by atoms with Crippen LogP contribution >= 0.6 is 11.3 Å².